The molecule has 2 rings (SSSR count). The van der Waals surface area contributed by atoms with Crippen LogP contribution < -0.4 is 10.6 Å². The standard InChI is InChI=1S/C13H18N2S/c14-13(10-16)11-4-6-12(7-5-11)15-8-2-1-3-9-15/h4-7,10,16H,1-3,8-9,14H2/b13-10-. The summed E-state index contributed by atoms with van der Waals surface area (Å²) >= 11 is 4.06. The lowest BCUT2D eigenvalue weighted by molar-refractivity contribution is 0.578. The van der Waals surface area contributed by atoms with Gasteiger partial charge in [-0.05, 0) is 42.4 Å². The van der Waals surface area contributed by atoms with Crippen molar-refractivity contribution in [1.82, 2.24) is 0 Å². The van der Waals surface area contributed by atoms with Crippen LogP contribution in [0.2, 0.25) is 0 Å². The summed E-state index contributed by atoms with van der Waals surface area (Å²) in [5.74, 6) is 0. The number of benzene rings is 1. The summed E-state index contributed by atoms with van der Waals surface area (Å²) in [5, 5.41) is 1.63. The molecule has 1 aromatic rings. The lowest BCUT2D eigenvalue weighted by Crippen LogP contribution is -2.29. The highest BCUT2D eigenvalue weighted by Crippen LogP contribution is 2.21. The van der Waals surface area contributed by atoms with Gasteiger partial charge in [0.1, 0.15) is 0 Å². The lowest BCUT2D eigenvalue weighted by atomic mass is 10.1. The van der Waals surface area contributed by atoms with Gasteiger partial charge < -0.3 is 10.6 Å². The van der Waals surface area contributed by atoms with E-state index in [2.05, 4.69) is 41.8 Å². The highest BCUT2D eigenvalue weighted by molar-refractivity contribution is 7.83. The second-order valence-electron chi connectivity index (χ2n) is 4.18. The first-order valence-electron chi connectivity index (χ1n) is 5.76. The monoisotopic (exact) mass is 234 g/mol. The molecule has 86 valence electrons. The van der Waals surface area contributed by atoms with Crippen LogP contribution in [0.4, 0.5) is 5.69 Å². The maximum Gasteiger partial charge on any atom is 0.0449 e. The molecule has 1 aliphatic rings. The van der Waals surface area contributed by atoms with Crippen molar-refractivity contribution >= 4 is 24.0 Å². The van der Waals surface area contributed by atoms with Crippen LogP contribution in [0, 0.1) is 0 Å². The fraction of sp³-hybridized carbons (Fsp3) is 0.385. The molecule has 1 aliphatic heterocycles. The Morgan fingerprint density at radius 2 is 1.75 bits per heavy atom. The molecule has 0 aromatic heterocycles. The third kappa shape index (κ3) is 2.53. The maximum atomic E-state index is 5.79. The van der Waals surface area contributed by atoms with Crippen LogP contribution in [-0.2, 0) is 0 Å². The minimum Gasteiger partial charge on any atom is -0.398 e. The van der Waals surface area contributed by atoms with Gasteiger partial charge in [0.2, 0.25) is 0 Å². The largest absolute Gasteiger partial charge is 0.398 e. The molecule has 1 aromatic carbocycles. The molecule has 0 amide bonds. The Morgan fingerprint density at radius 3 is 2.31 bits per heavy atom. The molecule has 3 heteroatoms. The number of piperidine rings is 1. The van der Waals surface area contributed by atoms with E-state index in [1.165, 1.54) is 38.0 Å². The highest BCUT2D eigenvalue weighted by atomic mass is 32.1. The van der Waals surface area contributed by atoms with E-state index in [9.17, 15) is 0 Å². The van der Waals surface area contributed by atoms with E-state index in [4.69, 9.17) is 5.73 Å². The Labute approximate surface area is 103 Å². The number of hydrogen-bond acceptors (Lipinski definition) is 3. The van der Waals surface area contributed by atoms with E-state index in [1.807, 2.05) is 0 Å². The van der Waals surface area contributed by atoms with Crippen LogP contribution in [0.25, 0.3) is 5.70 Å². The molecule has 0 aliphatic carbocycles. The van der Waals surface area contributed by atoms with Crippen molar-refractivity contribution in [3.8, 4) is 0 Å². The zero-order chi connectivity index (χ0) is 11.4. The summed E-state index contributed by atoms with van der Waals surface area (Å²) in [6.45, 7) is 2.36. The van der Waals surface area contributed by atoms with Gasteiger partial charge >= 0.3 is 0 Å². The third-order valence-electron chi connectivity index (χ3n) is 3.06. The van der Waals surface area contributed by atoms with Gasteiger partial charge in [-0.3, -0.25) is 0 Å². The van der Waals surface area contributed by atoms with Crippen LogP contribution in [-0.4, -0.2) is 13.1 Å². The van der Waals surface area contributed by atoms with Gasteiger partial charge in [0, 0.05) is 24.5 Å². The molecule has 1 saturated heterocycles. The summed E-state index contributed by atoms with van der Waals surface area (Å²) in [7, 11) is 0. The van der Waals surface area contributed by atoms with E-state index in [1.54, 1.807) is 5.41 Å². The molecule has 0 unspecified atom stereocenters. The number of hydrogen-bond donors (Lipinski definition) is 2. The average molecular weight is 234 g/mol. The van der Waals surface area contributed by atoms with Crippen molar-refractivity contribution < 1.29 is 0 Å². The summed E-state index contributed by atoms with van der Waals surface area (Å²) < 4.78 is 0. The number of anilines is 1. The summed E-state index contributed by atoms with van der Waals surface area (Å²) in [6.07, 6.45) is 3.98. The minimum atomic E-state index is 0.716. The summed E-state index contributed by atoms with van der Waals surface area (Å²) in [5.41, 5.74) is 8.85. The lowest BCUT2D eigenvalue weighted by Gasteiger charge is -2.28. The SMILES string of the molecule is N/C(=C\S)c1ccc(N2CCCCC2)cc1. The molecule has 16 heavy (non-hydrogen) atoms. The predicted octanol–water partition coefficient (Wildman–Crippen LogP) is 2.86. The smallest absolute Gasteiger partial charge is 0.0449 e. The van der Waals surface area contributed by atoms with Crippen molar-refractivity contribution in [3.05, 3.63) is 35.2 Å². The van der Waals surface area contributed by atoms with Gasteiger partial charge in [-0.25, -0.2) is 0 Å². The van der Waals surface area contributed by atoms with Gasteiger partial charge in [0.25, 0.3) is 0 Å². The van der Waals surface area contributed by atoms with E-state index in [0.29, 0.717) is 5.70 Å². The van der Waals surface area contributed by atoms with Crippen molar-refractivity contribution in [2.24, 2.45) is 5.73 Å². The molecule has 0 spiro atoms. The van der Waals surface area contributed by atoms with Gasteiger partial charge in [0.15, 0.2) is 0 Å². The molecule has 1 heterocycles. The Hall–Kier alpha value is -1.09. The van der Waals surface area contributed by atoms with E-state index in [-0.39, 0.29) is 0 Å². The fourth-order valence-electron chi connectivity index (χ4n) is 2.09. The Morgan fingerprint density at radius 1 is 1.12 bits per heavy atom. The van der Waals surface area contributed by atoms with E-state index in [0.717, 1.165) is 5.56 Å². The Kier molecular flexibility index (Phi) is 3.78. The van der Waals surface area contributed by atoms with E-state index < -0.39 is 0 Å². The van der Waals surface area contributed by atoms with Gasteiger partial charge in [-0.1, -0.05) is 12.1 Å². The van der Waals surface area contributed by atoms with E-state index >= 15 is 0 Å². The number of nitrogens with two attached hydrogens (primary N) is 1. The van der Waals surface area contributed by atoms with Crippen molar-refractivity contribution in [2.75, 3.05) is 18.0 Å². The summed E-state index contributed by atoms with van der Waals surface area (Å²) in [6, 6.07) is 8.41. The molecule has 0 saturated carbocycles. The van der Waals surface area contributed by atoms with Gasteiger partial charge in [-0.15, -0.1) is 12.6 Å². The summed E-state index contributed by atoms with van der Waals surface area (Å²) in [4.78, 5) is 2.44. The fourth-order valence-corrected chi connectivity index (χ4v) is 2.24. The molecule has 1 fully saturated rings. The molecule has 0 atom stereocenters. The number of nitrogens with zero attached hydrogens (tertiary/aromatic N) is 1. The zero-order valence-corrected chi connectivity index (χ0v) is 10.3. The third-order valence-corrected chi connectivity index (χ3v) is 3.34. The Balaban J connectivity index is 2.12. The highest BCUT2D eigenvalue weighted by Gasteiger charge is 2.10. The molecular formula is C13H18N2S. The van der Waals surface area contributed by atoms with Crippen LogP contribution >= 0.6 is 12.6 Å². The van der Waals surface area contributed by atoms with Gasteiger partial charge in [-0.2, -0.15) is 0 Å². The van der Waals surface area contributed by atoms with Crippen LogP contribution in [0.3, 0.4) is 0 Å². The molecule has 0 bridgehead atoms. The average Bonchev–Trinajstić information content (AvgIpc) is 2.39. The maximum absolute atomic E-state index is 5.79. The van der Waals surface area contributed by atoms with Crippen molar-refractivity contribution in [1.29, 1.82) is 0 Å². The molecular weight excluding hydrogens is 216 g/mol. The predicted molar refractivity (Wildman–Crippen MR) is 73.7 cm³/mol. The molecule has 2 N–H and O–H groups in total. The number of rotatable bonds is 2. The van der Waals surface area contributed by atoms with Crippen molar-refractivity contribution in [3.63, 3.8) is 0 Å². The first-order chi connectivity index (χ1) is 7.81. The molecule has 0 radical (unpaired) electrons. The van der Waals surface area contributed by atoms with Gasteiger partial charge in [0.05, 0.1) is 0 Å². The first kappa shape index (κ1) is 11.4. The zero-order valence-electron chi connectivity index (χ0n) is 9.39. The van der Waals surface area contributed by atoms with Crippen molar-refractivity contribution in [2.45, 2.75) is 19.3 Å². The van der Waals surface area contributed by atoms with Crippen LogP contribution in [0.5, 0.6) is 0 Å². The molecule has 2 nitrogen and oxygen atoms in total. The minimum absolute atomic E-state index is 0.716. The second-order valence-corrected chi connectivity index (χ2v) is 4.44. The Bertz CT molecular complexity index is 364. The normalized spacial score (nSPS) is 17.6. The van der Waals surface area contributed by atoms with Crippen LogP contribution in [0.1, 0.15) is 24.8 Å². The quantitative estimate of drug-likeness (QED) is 0.771. The number of thiol groups is 1. The topological polar surface area (TPSA) is 29.3 Å². The second kappa shape index (κ2) is 5.30. The van der Waals surface area contributed by atoms with Crippen LogP contribution in [0.15, 0.2) is 29.7 Å². The first-order valence-corrected chi connectivity index (χ1v) is 6.28.